The van der Waals surface area contributed by atoms with Gasteiger partial charge < -0.3 is 9.64 Å². The lowest BCUT2D eigenvalue weighted by Crippen LogP contribution is -2.33. The molecule has 2 aromatic heterocycles. The van der Waals surface area contributed by atoms with Crippen molar-refractivity contribution in [3.63, 3.8) is 0 Å². The number of anilines is 1. The molecule has 5 heteroatoms. The number of pyridine rings is 1. The topological polar surface area (TPSA) is 29.8 Å². The molecule has 0 aliphatic carbocycles. The van der Waals surface area contributed by atoms with Crippen LogP contribution < -0.4 is 4.90 Å². The Morgan fingerprint density at radius 2 is 2.08 bits per heavy atom. The third-order valence-electron chi connectivity index (χ3n) is 4.91. The second kappa shape index (κ2) is 8.34. The molecule has 1 aliphatic heterocycles. The number of fused-ring (bicyclic) bond motifs is 1. The van der Waals surface area contributed by atoms with Crippen LogP contribution in [0.25, 0.3) is 5.52 Å². The summed E-state index contributed by atoms with van der Waals surface area (Å²) in [6.45, 7) is 8.51. The zero-order valence-electron chi connectivity index (χ0n) is 14.8. The van der Waals surface area contributed by atoms with Crippen molar-refractivity contribution in [2.24, 2.45) is 5.92 Å². The SMILES string of the molecule is CCCCN(CC1CCOCC1)c1c(CC)nn2c(Br)cccc12. The van der Waals surface area contributed by atoms with E-state index in [0.29, 0.717) is 0 Å². The van der Waals surface area contributed by atoms with E-state index in [9.17, 15) is 0 Å². The standard InChI is InChI=1S/C19H28BrN3O/c1-3-5-11-22(14-15-9-12-24-13-10-15)19-16(4-2)21-23-17(19)7-6-8-18(23)20/h6-8,15H,3-5,9-14H2,1-2H3. The summed E-state index contributed by atoms with van der Waals surface area (Å²) in [5, 5.41) is 4.86. The highest BCUT2D eigenvalue weighted by atomic mass is 79.9. The summed E-state index contributed by atoms with van der Waals surface area (Å²) in [5.41, 5.74) is 3.74. The first-order valence-corrected chi connectivity index (χ1v) is 10.0. The first-order valence-electron chi connectivity index (χ1n) is 9.23. The van der Waals surface area contributed by atoms with Gasteiger partial charge in [0, 0.05) is 26.3 Å². The van der Waals surface area contributed by atoms with Gasteiger partial charge in [0.25, 0.3) is 0 Å². The fraction of sp³-hybridized carbons (Fsp3) is 0.632. The number of ether oxygens (including phenoxy) is 1. The Bertz CT molecular complexity index is 664. The number of halogens is 1. The second-order valence-electron chi connectivity index (χ2n) is 6.65. The Labute approximate surface area is 153 Å². The van der Waals surface area contributed by atoms with Crippen molar-refractivity contribution in [1.82, 2.24) is 9.61 Å². The van der Waals surface area contributed by atoms with Gasteiger partial charge in [-0.1, -0.05) is 26.3 Å². The zero-order valence-corrected chi connectivity index (χ0v) is 16.4. The van der Waals surface area contributed by atoms with Crippen LogP contribution in [-0.4, -0.2) is 35.9 Å². The summed E-state index contributed by atoms with van der Waals surface area (Å²) in [7, 11) is 0. The molecule has 1 fully saturated rings. The summed E-state index contributed by atoms with van der Waals surface area (Å²) >= 11 is 3.64. The molecular formula is C19H28BrN3O. The van der Waals surface area contributed by atoms with Gasteiger partial charge in [0.2, 0.25) is 0 Å². The number of nitrogens with zero attached hydrogens (tertiary/aromatic N) is 3. The molecule has 1 saturated heterocycles. The first-order chi connectivity index (χ1) is 11.7. The van der Waals surface area contributed by atoms with E-state index < -0.39 is 0 Å². The molecule has 24 heavy (non-hydrogen) atoms. The Kier molecular flexibility index (Phi) is 6.17. The number of aromatic nitrogens is 2. The van der Waals surface area contributed by atoms with E-state index in [-0.39, 0.29) is 0 Å². The zero-order chi connectivity index (χ0) is 16.9. The van der Waals surface area contributed by atoms with Crippen molar-refractivity contribution in [1.29, 1.82) is 0 Å². The Morgan fingerprint density at radius 1 is 1.29 bits per heavy atom. The highest BCUT2D eigenvalue weighted by molar-refractivity contribution is 9.10. The maximum atomic E-state index is 5.54. The van der Waals surface area contributed by atoms with Gasteiger partial charge in [-0.3, -0.25) is 0 Å². The van der Waals surface area contributed by atoms with Crippen LogP contribution in [0.3, 0.4) is 0 Å². The molecule has 0 unspecified atom stereocenters. The van der Waals surface area contributed by atoms with Gasteiger partial charge in [0.15, 0.2) is 0 Å². The van der Waals surface area contributed by atoms with Gasteiger partial charge in [-0.25, -0.2) is 4.52 Å². The van der Waals surface area contributed by atoms with Crippen LogP contribution in [0.5, 0.6) is 0 Å². The summed E-state index contributed by atoms with van der Waals surface area (Å²) in [6.07, 6.45) is 5.74. The number of aryl methyl sites for hydroxylation is 1. The minimum atomic E-state index is 0.724. The van der Waals surface area contributed by atoms with Gasteiger partial charge >= 0.3 is 0 Å². The van der Waals surface area contributed by atoms with Crippen LogP contribution in [0.1, 0.15) is 45.2 Å². The summed E-state index contributed by atoms with van der Waals surface area (Å²) in [6, 6.07) is 6.35. The van der Waals surface area contributed by atoms with Crippen LogP contribution >= 0.6 is 15.9 Å². The lowest BCUT2D eigenvalue weighted by molar-refractivity contribution is 0.0682. The van der Waals surface area contributed by atoms with Gasteiger partial charge in [0.1, 0.15) is 4.60 Å². The largest absolute Gasteiger partial charge is 0.381 e. The van der Waals surface area contributed by atoms with Gasteiger partial charge in [-0.2, -0.15) is 5.10 Å². The first kappa shape index (κ1) is 17.7. The van der Waals surface area contributed by atoms with Crippen molar-refractivity contribution < 1.29 is 4.74 Å². The third-order valence-corrected chi connectivity index (χ3v) is 5.51. The van der Waals surface area contributed by atoms with E-state index in [0.717, 1.165) is 43.2 Å². The summed E-state index contributed by atoms with van der Waals surface area (Å²) in [5.74, 6) is 0.724. The van der Waals surface area contributed by atoms with Gasteiger partial charge in [0.05, 0.1) is 16.9 Å². The van der Waals surface area contributed by atoms with Crippen LogP contribution in [0.15, 0.2) is 22.8 Å². The molecule has 0 N–H and O–H groups in total. The molecule has 4 nitrogen and oxygen atoms in total. The van der Waals surface area contributed by atoms with Crippen molar-refractivity contribution in [3.8, 4) is 0 Å². The molecule has 132 valence electrons. The van der Waals surface area contributed by atoms with E-state index in [1.165, 1.54) is 42.6 Å². The van der Waals surface area contributed by atoms with Crippen LogP contribution in [0, 0.1) is 5.92 Å². The van der Waals surface area contributed by atoms with Crippen molar-refractivity contribution in [3.05, 3.63) is 28.5 Å². The maximum Gasteiger partial charge on any atom is 0.108 e. The molecule has 3 rings (SSSR count). The fourth-order valence-electron chi connectivity index (χ4n) is 3.54. The molecule has 0 saturated carbocycles. The lowest BCUT2D eigenvalue weighted by atomic mass is 9.99. The highest BCUT2D eigenvalue weighted by Gasteiger charge is 2.23. The molecule has 0 radical (unpaired) electrons. The average molecular weight is 394 g/mol. The number of rotatable bonds is 7. The number of unbranched alkanes of at least 4 members (excludes halogenated alkanes) is 1. The van der Waals surface area contributed by atoms with E-state index in [1.54, 1.807) is 0 Å². The normalized spacial score (nSPS) is 16.0. The quantitative estimate of drug-likeness (QED) is 0.638. The maximum absolute atomic E-state index is 5.54. The lowest BCUT2D eigenvalue weighted by Gasteiger charge is -2.31. The van der Waals surface area contributed by atoms with Crippen LogP contribution in [0.4, 0.5) is 5.69 Å². The van der Waals surface area contributed by atoms with Gasteiger partial charge in [-0.05, 0) is 59.7 Å². The van der Waals surface area contributed by atoms with Crippen molar-refractivity contribution in [2.45, 2.75) is 46.0 Å². The van der Waals surface area contributed by atoms with E-state index >= 15 is 0 Å². The average Bonchev–Trinajstić information content (AvgIpc) is 2.99. The summed E-state index contributed by atoms with van der Waals surface area (Å²) < 4.78 is 8.60. The van der Waals surface area contributed by atoms with Crippen molar-refractivity contribution >= 4 is 27.1 Å². The van der Waals surface area contributed by atoms with Crippen molar-refractivity contribution in [2.75, 3.05) is 31.2 Å². The van der Waals surface area contributed by atoms with Crippen LogP contribution in [0.2, 0.25) is 0 Å². The molecule has 2 aromatic rings. The molecule has 1 aliphatic rings. The number of hydrogen-bond acceptors (Lipinski definition) is 3. The Morgan fingerprint density at radius 3 is 2.79 bits per heavy atom. The Balaban J connectivity index is 1.96. The second-order valence-corrected chi connectivity index (χ2v) is 7.46. The number of hydrogen-bond donors (Lipinski definition) is 0. The molecule has 0 aromatic carbocycles. The monoisotopic (exact) mass is 393 g/mol. The highest BCUT2D eigenvalue weighted by Crippen LogP contribution is 2.31. The third kappa shape index (κ3) is 3.77. The molecule has 0 atom stereocenters. The van der Waals surface area contributed by atoms with Crippen LogP contribution in [-0.2, 0) is 11.2 Å². The predicted molar refractivity (Wildman–Crippen MR) is 103 cm³/mol. The molecule has 3 heterocycles. The molecule has 0 spiro atoms. The van der Waals surface area contributed by atoms with Gasteiger partial charge in [-0.15, -0.1) is 0 Å². The summed E-state index contributed by atoms with van der Waals surface area (Å²) in [4.78, 5) is 2.59. The smallest absolute Gasteiger partial charge is 0.108 e. The molecule has 0 bridgehead atoms. The van der Waals surface area contributed by atoms with E-state index in [4.69, 9.17) is 9.84 Å². The molecule has 0 amide bonds. The molecular weight excluding hydrogens is 366 g/mol. The minimum Gasteiger partial charge on any atom is -0.381 e. The Hall–Kier alpha value is -1.07. The van der Waals surface area contributed by atoms with E-state index in [2.05, 4.69) is 52.9 Å². The predicted octanol–water partition coefficient (Wildman–Crippen LogP) is 4.69. The minimum absolute atomic E-state index is 0.724. The fourth-order valence-corrected chi connectivity index (χ4v) is 3.96. The van der Waals surface area contributed by atoms with E-state index in [1.807, 2.05) is 4.52 Å².